The van der Waals surface area contributed by atoms with Crippen molar-refractivity contribution >= 4 is 78.1 Å². The lowest BCUT2D eigenvalue weighted by Crippen LogP contribution is -2.21. The van der Waals surface area contributed by atoms with Crippen LogP contribution in [0.5, 0.6) is 0 Å². The van der Waals surface area contributed by atoms with Gasteiger partial charge in [0.15, 0.2) is 10.9 Å². The first-order valence-corrected chi connectivity index (χ1v) is 21.4. The molecule has 0 radical (unpaired) electrons. The minimum absolute atomic E-state index is 0.178. The Bertz CT molecular complexity index is 3460. The molecular formula is C52H30N4O4S2. The summed E-state index contributed by atoms with van der Waals surface area (Å²) in [5, 5.41) is 2.37. The number of carbonyl (C=O) groups is 2. The van der Waals surface area contributed by atoms with E-state index in [0.717, 1.165) is 32.0 Å². The zero-order valence-corrected chi connectivity index (χ0v) is 34.2. The van der Waals surface area contributed by atoms with Crippen LogP contribution in [0.4, 0.5) is 0 Å². The van der Waals surface area contributed by atoms with Crippen LogP contribution in [0.3, 0.4) is 0 Å². The van der Waals surface area contributed by atoms with Gasteiger partial charge in [0.05, 0.1) is 31.8 Å². The Balaban J connectivity index is 1.18. The molecular weight excluding hydrogens is 809 g/mol. The molecule has 0 N–H and O–H groups in total. The van der Waals surface area contributed by atoms with Crippen molar-refractivity contribution in [2.24, 2.45) is 0 Å². The van der Waals surface area contributed by atoms with E-state index < -0.39 is 0 Å². The first kappa shape index (κ1) is 37.1. The molecule has 4 heterocycles. The SMILES string of the molecule is O=C(c1ccccc1)n1c2ccc(-c3ncc(-c4ccccc4)s3)cc2c(=O)c2cc3c(cc21)c(=O)c1cc(-c2ncc(-c4ccccc4)s2)ccc1n3C(=O)c1ccccc1. The van der Waals surface area contributed by atoms with Crippen molar-refractivity contribution in [3.05, 3.63) is 214 Å². The first-order valence-electron chi connectivity index (χ1n) is 19.8. The standard InChI is InChI=1S/C52H30N4O4S2/c57-47-37-25-35(49-53-29-45(61-49)31-13-5-1-6-14-31)21-23-41(37)55(51(59)33-17-9-3-10-18-33)43-28-40-44(27-39(43)47)56(52(60)34-19-11-4-12-20-34)42-24-22-36(26-38(42)48(40)58)50-54-30-46(62-50)32-15-7-2-8-16-32/h1-30H. The van der Waals surface area contributed by atoms with Crippen LogP contribution >= 0.6 is 22.7 Å². The Morgan fingerprint density at radius 2 is 0.742 bits per heavy atom. The third-order valence-electron chi connectivity index (χ3n) is 11.1. The number of thiazole rings is 2. The van der Waals surface area contributed by atoms with Crippen LogP contribution in [0.25, 0.3) is 85.6 Å². The summed E-state index contributed by atoms with van der Waals surface area (Å²) in [5.41, 5.74) is 4.84. The lowest BCUT2D eigenvalue weighted by molar-refractivity contribution is 0.0960. The highest BCUT2D eigenvalue weighted by molar-refractivity contribution is 7.18. The Labute approximate surface area is 360 Å². The van der Waals surface area contributed by atoms with Crippen molar-refractivity contribution in [3.63, 3.8) is 0 Å². The van der Waals surface area contributed by atoms with E-state index in [0.29, 0.717) is 42.9 Å². The summed E-state index contributed by atoms with van der Waals surface area (Å²) >= 11 is 3.01. The topological polar surface area (TPSA) is 104 Å². The molecule has 0 bridgehead atoms. The molecule has 11 rings (SSSR count). The third kappa shape index (κ3) is 6.20. The van der Waals surface area contributed by atoms with Gasteiger partial charge in [-0.25, -0.2) is 9.97 Å². The summed E-state index contributed by atoms with van der Waals surface area (Å²) in [6.45, 7) is 0. The van der Waals surface area contributed by atoms with E-state index in [9.17, 15) is 19.2 Å². The highest BCUT2D eigenvalue weighted by Crippen LogP contribution is 2.36. The number of hydrogen-bond acceptors (Lipinski definition) is 8. The van der Waals surface area contributed by atoms with E-state index in [1.807, 2.05) is 97.3 Å². The summed E-state index contributed by atoms with van der Waals surface area (Å²) in [7, 11) is 0. The van der Waals surface area contributed by atoms with Crippen LogP contribution in [-0.4, -0.2) is 30.9 Å². The molecule has 10 heteroatoms. The molecule has 0 amide bonds. The van der Waals surface area contributed by atoms with Gasteiger partial charge in [-0.1, -0.05) is 97.1 Å². The summed E-state index contributed by atoms with van der Waals surface area (Å²) in [6.07, 6.45) is 3.64. The van der Waals surface area contributed by atoms with Crippen LogP contribution in [0.1, 0.15) is 20.7 Å². The summed E-state index contributed by atoms with van der Waals surface area (Å²) in [4.78, 5) is 70.7. The van der Waals surface area contributed by atoms with Crippen LogP contribution in [0.2, 0.25) is 0 Å². The molecule has 8 nitrogen and oxygen atoms in total. The highest BCUT2D eigenvalue weighted by Gasteiger charge is 2.24. The van der Waals surface area contributed by atoms with Gasteiger partial charge < -0.3 is 0 Å². The molecule has 0 aliphatic heterocycles. The van der Waals surface area contributed by atoms with Gasteiger partial charge in [0.1, 0.15) is 10.0 Å². The van der Waals surface area contributed by atoms with E-state index >= 15 is 0 Å². The van der Waals surface area contributed by atoms with Gasteiger partial charge in [-0.15, -0.1) is 22.7 Å². The van der Waals surface area contributed by atoms with Gasteiger partial charge in [0.25, 0.3) is 11.8 Å². The van der Waals surface area contributed by atoms with Gasteiger partial charge in [-0.05, 0) is 83.9 Å². The van der Waals surface area contributed by atoms with Crippen molar-refractivity contribution in [1.82, 2.24) is 19.1 Å². The van der Waals surface area contributed by atoms with Gasteiger partial charge in [0, 0.05) is 56.2 Å². The molecule has 0 atom stereocenters. The lowest BCUT2D eigenvalue weighted by Gasteiger charge is -2.18. The number of fused-ring (bicyclic) bond motifs is 4. The maximum atomic E-state index is 14.9. The Kier molecular flexibility index (Phi) is 8.96. The minimum atomic E-state index is -0.380. The van der Waals surface area contributed by atoms with Gasteiger partial charge in [-0.2, -0.15) is 0 Å². The molecule has 294 valence electrons. The Hall–Kier alpha value is -7.92. The third-order valence-corrected chi connectivity index (χ3v) is 13.3. The summed E-state index contributed by atoms with van der Waals surface area (Å²) < 4.78 is 3.01. The van der Waals surface area contributed by atoms with E-state index in [2.05, 4.69) is 0 Å². The van der Waals surface area contributed by atoms with Crippen LogP contribution in [-0.2, 0) is 0 Å². The largest absolute Gasteiger partial charge is 0.288 e. The van der Waals surface area contributed by atoms with Crippen molar-refractivity contribution < 1.29 is 9.59 Å². The minimum Gasteiger partial charge on any atom is -0.288 e. The van der Waals surface area contributed by atoms with Crippen molar-refractivity contribution in [2.75, 3.05) is 0 Å². The van der Waals surface area contributed by atoms with Gasteiger partial charge in [0.2, 0.25) is 0 Å². The number of carbonyl (C=O) groups excluding carboxylic acids is 2. The second kappa shape index (κ2) is 15.0. The van der Waals surface area contributed by atoms with E-state index in [1.165, 1.54) is 31.8 Å². The summed E-state index contributed by atoms with van der Waals surface area (Å²) in [5.74, 6) is -0.759. The molecule has 0 aliphatic rings. The average molecular weight is 839 g/mol. The maximum absolute atomic E-state index is 14.9. The van der Waals surface area contributed by atoms with Crippen molar-refractivity contribution in [2.45, 2.75) is 0 Å². The molecule has 0 saturated carbocycles. The van der Waals surface area contributed by atoms with Crippen molar-refractivity contribution in [1.29, 1.82) is 0 Å². The number of hydrogen-bond donors (Lipinski definition) is 0. The predicted molar refractivity (Wildman–Crippen MR) is 250 cm³/mol. The molecule has 62 heavy (non-hydrogen) atoms. The van der Waals surface area contributed by atoms with Gasteiger partial charge >= 0.3 is 0 Å². The Morgan fingerprint density at radius 1 is 0.387 bits per heavy atom. The number of aromatic nitrogens is 4. The first-order chi connectivity index (χ1) is 30.4. The molecule has 0 spiro atoms. The molecule has 4 aromatic heterocycles. The quantitative estimate of drug-likeness (QED) is 0.154. The number of benzene rings is 7. The number of rotatable bonds is 6. The zero-order valence-electron chi connectivity index (χ0n) is 32.6. The van der Waals surface area contributed by atoms with E-state index in [-0.39, 0.29) is 44.5 Å². The zero-order chi connectivity index (χ0) is 41.9. The van der Waals surface area contributed by atoms with E-state index in [4.69, 9.17) is 9.97 Å². The fourth-order valence-corrected chi connectivity index (χ4v) is 9.93. The average Bonchev–Trinajstić information content (AvgIpc) is 4.04. The fraction of sp³-hybridized carbons (Fsp3) is 0. The van der Waals surface area contributed by atoms with Gasteiger partial charge in [-0.3, -0.25) is 28.3 Å². The Morgan fingerprint density at radius 3 is 1.13 bits per heavy atom. The molecule has 0 unspecified atom stereocenters. The predicted octanol–water partition coefficient (Wildman–Crippen LogP) is 11.6. The van der Waals surface area contributed by atoms with Crippen LogP contribution < -0.4 is 10.9 Å². The van der Waals surface area contributed by atoms with Crippen LogP contribution in [0.15, 0.2) is 192 Å². The second-order valence-electron chi connectivity index (χ2n) is 14.8. The highest BCUT2D eigenvalue weighted by atomic mass is 32.1. The molecule has 0 aliphatic carbocycles. The lowest BCUT2D eigenvalue weighted by atomic mass is 10.0. The van der Waals surface area contributed by atoms with E-state index in [1.54, 1.807) is 84.9 Å². The monoisotopic (exact) mass is 838 g/mol. The molecule has 7 aromatic carbocycles. The molecule has 11 aromatic rings. The second-order valence-corrected chi connectivity index (χ2v) is 16.9. The fourth-order valence-electron chi connectivity index (χ4n) is 8.10. The smallest absolute Gasteiger partial charge is 0.262 e. The summed E-state index contributed by atoms with van der Waals surface area (Å²) in [6, 6.07) is 51.6. The van der Waals surface area contributed by atoms with Crippen molar-refractivity contribution in [3.8, 4) is 42.0 Å². The number of nitrogens with zero attached hydrogens (tertiary/aromatic N) is 4. The molecule has 0 fully saturated rings. The number of pyridine rings is 2. The normalized spacial score (nSPS) is 11.5. The maximum Gasteiger partial charge on any atom is 0.262 e. The van der Waals surface area contributed by atoms with Crippen LogP contribution in [0, 0.1) is 0 Å². The molecule has 0 saturated heterocycles.